The quantitative estimate of drug-likeness (QED) is 0.911. The van der Waals surface area contributed by atoms with Crippen LogP contribution < -0.4 is 5.56 Å². The summed E-state index contributed by atoms with van der Waals surface area (Å²) in [6.45, 7) is 7.59. The van der Waals surface area contributed by atoms with Gasteiger partial charge in [0.25, 0.3) is 5.56 Å². The van der Waals surface area contributed by atoms with Crippen LogP contribution in [-0.4, -0.2) is 40.2 Å². The molecule has 1 aromatic carbocycles. The third kappa shape index (κ3) is 3.06. The fourth-order valence-corrected chi connectivity index (χ4v) is 3.86. The Morgan fingerprint density at radius 1 is 1.30 bits per heavy atom. The maximum Gasteiger partial charge on any atom is 0.256 e. The van der Waals surface area contributed by atoms with Gasteiger partial charge in [0, 0.05) is 36.1 Å². The van der Waals surface area contributed by atoms with Crippen LogP contribution in [0, 0.1) is 12.8 Å². The number of aliphatic hydroxyl groups is 1. The second-order valence-corrected chi connectivity index (χ2v) is 6.94. The Morgan fingerprint density at radius 3 is 2.83 bits per heavy atom. The van der Waals surface area contributed by atoms with E-state index in [1.807, 2.05) is 25.1 Å². The number of fused-ring (bicyclic) bond motifs is 1. The van der Waals surface area contributed by atoms with Crippen LogP contribution in [0.15, 0.2) is 29.1 Å². The molecule has 0 unspecified atom stereocenters. The molecule has 4 heteroatoms. The van der Waals surface area contributed by atoms with Crippen LogP contribution in [0.4, 0.5) is 0 Å². The smallest absolute Gasteiger partial charge is 0.256 e. The first-order valence-corrected chi connectivity index (χ1v) is 8.49. The van der Waals surface area contributed by atoms with Crippen molar-refractivity contribution in [1.82, 2.24) is 9.88 Å². The molecular formula is C19H26N2O2. The topological polar surface area (TPSA) is 56.3 Å². The standard InChI is InChI=1S/C19H26N2O2/c1-12-5-4-6-17-18(12)10-15(20-19(17)23)7-8-21-14(3)13(2)9-16(21)11-22/h4-6,10,13-14,16,22H,7-9,11H2,1-3H3,(H,20,23)/t13-,14-,16+/m0/s1. The number of rotatable bonds is 4. The van der Waals surface area contributed by atoms with Crippen LogP contribution in [0.5, 0.6) is 0 Å². The maximum absolute atomic E-state index is 12.3. The molecule has 1 saturated heterocycles. The average molecular weight is 314 g/mol. The van der Waals surface area contributed by atoms with Crippen LogP contribution in [0.25, 0.3) is 10.8 Å². The van der Waals surface area contributed by atoms with Crippen molar-refractivity contribution in [3.63, 3.8) is 0 Å². The lowest BCUT2D eigenvalue weighted by atomic mass is 10.0. The van der Waals surface area contributed by atoms with Crippen molar-refractivity contribution in [3.05, 3.63) is 45.9 Å². The second kappa shape index (κ2) is 6.46. The number of hydrogen-bond acceptors (Lipinski definition) is 3. The molecule has 0 radical (unpaired) electrons. The van der Waals surface area contributed by atoms with E-state index in [1.165, 1.54) is 0 Å². The van der Waals surface area contributed by atoms with Gasteiger partial charge in [0.05, 0.1) is 6.61 Å². The molecule has 124 valence electrons. The van der Waals surface area contributed by atoms with E-state index in [1.54, 1.807) is 0 Å². The van der Waals surface area contributed by atoms with Crippen LogP contribution in [0.3, 0.4) is 0 Å². The Morgan fingerprint density at radius 2 is 2.09 bits per heavy atom. The molecule has 23 heavy (non-hydrogen) atoms. The van der Waals surface area contributed by atoms with Gasteiger partial charge in [0.2, 0.25) is 0 Å². The number of nitrogens with one attached hydrogen (secondary N) is 1. The number of hydrogen-bond donors (Lipinski definition) is 2. The minimum atomic E-state index is -0.0113. The Hall–Kier alpha value is -1.65. The number of pyridine rings is 1. The summed E-state index contributed by atoms with van der Waals surface area (Å²) in [6.07, 6.45) is 1.85. The monoisotopic (exact) mass is 314 g/mol. The average Bonchev–Trinajstić information content (AvgIpc) is 2.81. The summed E-state index contributed by atoms with van der Waals surface area (Å²) in [7, 11) is 0. The zero-order valence-corrected chi connectivity index (χ0v) is 14.2. The number of likely N-dealkylation sites (tertiary alicyclic amines) is 1. The molecule has 0 amide bonds. The highest BCUT2D eigenvalue weighted by atomic mass is 16.3. The van der Waals surface area contributed by atoms with E-state index in [4.69, 9.17) is 0 Å². The van der Waals surface area contributed by atoms with Crippen molar-refractivity contribution in [3.8, 4) is 0 Å². The van der Waals surface area contributed by atoms with Gasteiger partial charge in [-0.3, -0.25) is 9.69 Å². The van der Waals surface area contributed by atoms with Crippen LogP contribution >= 0.6 is 0 Å². The maximum atomic E-state index is 12.3. The van der Waals surface area contributed by atoms with E-state index >= 15 is 0 Å². The SMILES string of the molecule is Cc1cccc2c(=O)[nH]c(CCN3[C@@H](CO)C[C@H](C)[C@@H]3C)cc12. The van der Waals surface area contributed by atoms with Crippen LogP contribution in [0.1, 0.15) is 31.5 Å². The summed E-state index contributed by atoms with van der Waals surface area (Å²) in [4.78, 5) is 17.7. The number of nitrogens with zero attached hydrogens (tertiary/aromatic N) is 1. The molecule has 2 N–H and O–H groups in total. The first kappa shape index (κ1) is 16.2. The zero-order chi connectivity index (χ0) is 16.6. The van der Waals surface area contributed by atoms with E-state index < -0.39 is 0 Å². The highest BCUT2D eigenvalue weighted by molar-refractivity contribution is 5.84. The lowest BCUT2D eigenvalue weighted by molar-refractivity contribution is 0.133. The number of aromatic amines is 1. The molecule has 4 nitrogen and oxygen atoms in total. The highest BCUT2D eigenvalue weighted by Gasteiger charge is 2.34. The van der Waals surface area contributed by atoms with Gasteiger partial charge in [0.15, 0.2) is 0 Å². The van der Waals surface area contributed by atoms with Crippen molar-refractivity contribution in [2.45, 2.75) is 45.7 Å². The molecule has 2 heterocycles. The van der Waals surface area contributed by atoms with Crippen molar-refractivity contribution in [1.29, 1.82) is 0 Å². The van der Waals surface area contributed by atoms with Crippen LogP contribution in [0.2, 0.25) is 0 Å². The van der Waals surface area contributed by atoms with Gasteiger partial charge in [-0.25, -0.2) is 0 Å². The summed E-state index contributed by atoms with van der Waals surface area (Å²) in [6, 6.07) is 8.65. The largest absolute Gasteiger partial charge is 0.395 e. The minimum Gasteiger partial charge on any atom is -0.395 e. The Balaban J connectivity index is 1.82. The molecular weight excluding hydrogens is 288 g/mol. The zero-order valence-electron chi connectivity index (χ0n) is 14.2. The summed E-state index contributed by atoms with van der Waals surface area (Å²) < 4.78 is 0. The van der Waals surface area contributed by atoms with Gasteiger partial charge in [-0.05, 0) is 49.3 Å². The summed E-state index contributed by atoms with van der Waals surface area (Å²) in [5, 5.41) is 11.4. The van der Waals surface area contributed by atoms with Gasteiger partial charge in [-0.15, -0.1) is 0 Å². The van der Waals surface area contributed by atoms with Crippen molar-refractivity contribution in [2.24, 2.45) is 5.92 Å². The highest BCUT2D eigenvalue weighted by Crippen LogP contribution is 2.29. The molecule has 0 bridgehead atoms. The number of aromatic nitrogens is 1. The lowest BCUT2D eigenvalue weighted by Gasteiger charge is -2.27. The van der Waals surface area contributed by atoms with E-state index in [9.17, 15) is 9.90 Å². The second-order valence-electron chi connectivity index (χ2n) is 6.94. The summed E-state index contributed by atoms with van der Waals surface area (Å²) in [5.41, 5.74) is 2.09. The van der Waals surface area contributed by atoms with Gasteiger partial charge >= 0.3 is 0 Å². The number of benzene rings is 1. The van der Waals surface area contributed by atoms with Gasteiger partial charge in [-0.2, -0.15) is 0 Å². The molecule has 1 fully saturated rings. The normalized spacial score (nSPS) is 25.3. The van der Waals surface area contributed by atoms with Gasteiger partial charge in [-0.1, -0.05) is 19.1 Å². The molecule has 0 aliphatic carbocycles. The van der Waals surface area contributed by atoms with E-state index in [0.717, 1.165) is 41.4 Å². The third-order valence-corrected chi connectivity index (χ3v) is 5.47. The third-order valence-electron chi connectivity index (χ3n) is 5.47. The summed E-state index contributed by atoms with van der Waals surface area (Å²) >= 11 is 0. The molecule has 3 rings (SSSR count). The molecule has 1 aliphatic rings. The number of H-pyrrole nitrogens is 1. The van der Waals surface area contributed by atoms with Gasteiger partial charge < -0.3 is 10.1 Å². The first-order valence-electron chi connectivity index (χ1n) is 8.49. The number of aliphatic hydroxyl groups excluding tert-OH is 1. The van der Waals surface area contributed by atoms with Crippen molar-refractivity contribution >= 4 is 10.8 Å². The predicted molar refractivity (Wildman–Crippen MR) is 93.8 cm³/mol. The summed E-state index contributed by atoms with van der Waals surface area (Å²) in [5.74, 6) is 0.602. The molecule has 0 saturated carbocycles. The molecule has 2 aromatic rings. The molecule has 0 spiro atoms. The first-order chi connectivity index (χ1) is 11.0. The molecule has 3 atom stereocenters. The molecule has 1 aliphatic heterocycles. The fourth-order valence-electron chi connectivity index (χ4n) is 3.86. The van der Waals surface area contributed by atoms with Gasteiger partial charge in [0.1, 0.15) is 0 Å². The minimum absolute atomic E-state index is 0.0113. The van der Waals surface area contributed by atoms with E-state index in [0.29, 0.717) is 12.0 Å². The van der Waals surface area contributed by atoms with E-state index in [-0.39, 0.29) is 18.2 Å². The lowest BCUT2D eigenvalue weighted by Crippen LogP contribution is -2.39. The Kier molecular flexibility index (Phi) is 4.55. The fraction of sp³-hybridized carbons (Fsp3) is 0.526. The Labute approximate surface area is 137 Å². The van der Waals surface area contributed by atoms with Crippen molar-refractivity contribution in [2.75, 3.05) is 13.2 Å². The van der Waals surface area contributed by atoms with Crippen LogP contribution in [-0.2, 0) is 6.42 Å². The Bertz CT molecular complexity index is 753. The predicted octanol–water partition coefficient (Wildman–Crippen LogP) is 2.47. The van der Waals surface area contributed by atoms with Crippen molar-refractivity contribution < 1.29 is 5.11 Å². The van der Waals surface area contributed by atoms with E-state index in [2.05, 4.69) is 29.8 Å². The number of aryl methyl sites for hydroxylation is 1. The molecule has 1 aromatic heterocycles.